The molecule has 1 aromatic rings. The molecule has 1 aliphatic rings. The molecular weight excluding hydrogens is 178 g/mol. The van der Waals surface area contributed by atoms with Gasteiger partial charge in [0.25, 0.3) is 0 Å². The van der Waals surface area contributed by atoms with Crippen LogP contribution in [0.5, 0.6) is 5.75 Å². The summed E-state index contributed by atoms with van der Waals surface area (Å²) >= 11 is 0. The number of benzene rings is 1. The third-order valence-corrected chi connectivity index (χ3v) is 2.79. The highest BCUT2D eigenvalue weighted by atomic mass is 16.3. The second-order valence-corrected chi connectivity index (χ2v) is 3.67. The van der Waals surface area contributed by atoms with Gasteiger partial charge in [0.05, 0.1) is 5.69 Å². The smallest absolute Gasteiger partial charge is 0.138 e. The Labute approximate surface area is 83.4 Å². The van der Waals surface area contributed by atoms with Crippen LogP contribution in [0.4, 0.5) is 5.69 Å². The van der Waals surface area contributed by atoms with Gasteiger partial charge < -0.3 is 15.5 Å². The average Bonchev–Trinajstić information content (AvgIpc) is 2.20. The fourth-order valence-electron chi connectivity index (χ4n) is 2.07. The SMILES string of the molecule is OCCC1CCNc2c(O)cccc21. The van der Waals surface area contributed by atoms with E-state index < -0.39 is 0 Å². The minimum absolute atomic E-state index is 0.208. The zero-order valence-corrected chi connectivity index (χ0v) is 8.03. The molecule has 0 bridgehead atoms. The summed E-state index contributed by atoms with van der Waals surface area (Å²) in [5.74, 6) is 0.688. The number of aliphatic hydroxyl groups is 1. The van der Waals surface area contributed by atoms with Crippen molar-refractivity contribution in [2.24, 2.45) is 0 Å². The maximum atomic E-state index is 9.62. The molecule has 1 heterocycles. The summed E-state index contributed by atoms with van der Waals surface area (Å²) in [6.07, 6.45) is 1.80. The fourth-order valence-corrected chi connectivity index (χ4v) is 2.07. The van der Waals surface area contributed by atoms with Gasteiger partial charge in [-0.25, -0.2) is 0 Å². The van der Waals surface area contributed by atoms with E-state index in [1.807, 2.05) is 12.1 Å². The molecule has 1 aromatic carbocycles. The highest BCUT2D eigenvalue weighted by Gasteiger charge is 2.21. The Balaban J connectivity index is 2.34. The summed E-state index contributed by atoms with van der Waals surface area (Å²) in [6, 6.07) is 5.56. The van der Waals surface area contributed by atoms with Crippen LogP contribution >= 0.6 is 0 Å². The van der Waals surface area contributed by atoms with E-state index in [1.165, 1.54) is 0 Å². The number of fused-ring (bicyclic) bond motifs is 1. The van der Waals surface area contributed by atoms with E-state index in [-0.39, 0.29) is 6.61 Å². The number of nitrogens with one attached hydrogen (secondary N) is 1. The lowest BCUT2D eigenvalue weighted by Gasteiger charge is -2.26. The number of para-hydroxylation sites is 1. The van der Waals surface area contributed by atoms with E-state index in [0.717, 1.165) is 30.6 Å². The zero-order chi connectivity index (χ0) is 9.97. The molecule has 1 atom stereocenters. The molecule has 3 N–H and O–H groups in total. The third-order valence-electron chi connectivity index (χ3n) is 2.79. The van der Waals surface area contributed by atoms with Crippen LogP contribution in [-0.2, 0) is 0 Å². The van der Waals surface area contributed by atoms with Crippen LogP contribution in [0.2, 0.25) is 0 Å². The average molecular weight is 193 g/mol. The highest BCUT2D eigenvalue weighted by molar-refractivity contribution is 5.63. The van der Waals surface area contributed by atoms with Crippen molar-refractivity contribution in [1.29, 1.82) is 0 Å². The first-order chi connectivity index (χ1) is 6.83. The molecule has 0 spiro atoms. The predicted molar refractivity (Wildman–Crippen MR) is 55.7 cm³/mol. The van der Waals surface area contributed by atoms with Crippen molar-refractivity contribution < 1.29 is 10.2 Å². The van der Waals surface area contributed by atoms with E-state index in [9.17, 15) is 5.11 Å². The second kappa shape index (κ2) is 3.88. The van der Waals surface area contributed by atoms with Gasteiger partial charge in [0.15, 0.2) is 0 Å². The Morgan fingerprint density at radius 2 is 2.29 bits per heavy atom. The van der Waals surface area contributed by atoms with Crippen LogP contribution in [0.1, 0.15) is 24.3 Å². The lowest BCUT2D eigenvalue weighted by molar-refractivity contribution is 0.272. The van der Waals surface area contributed by atoms with Crippen LogP contribution in [0.3, 0.4) is 0 Å². The molecule has 0 aromatic heterocycles. The van der Waals surface area contributed by atoms with Crippen molar-refractivity contribution in [3.63, 3.8) is 0 Å². The van der Waals surface area contributed by atoms with Crippen molar-refractivity contribution >= 4 is 5.69 Å². The van der Waals surface area contributed by atoms with Gasteiger partial charge in [0.2, 0.25) is 0 Å². The summed E-state index contributed by atoms with van der Waals surface area (Å²) in [7, 11) is 0. The first kappa shape index (κ1) is 9.34. The van der Waals surface area contributed by atoms with Crippen LogP contribution in [0.15, 0.2) is 18.2 Å². The monoisotopic (exact) mass is 193 g/mol. The molecule has 0 radical (unpaired) electrons. The summed E-state index contributed by atoms with van der Waals surface area (Å²) < 4.78 is 0. The summed E-state index contributed by atoms with van der Waals surface area (Å²) in [6.45, 7) is 1.08. The van der Waals surface area contributed by atoms with E-state index >= 15 is 0 Å². The molecule has 1 aliphatic heterocycles. The normalized spacial score (nSPS) is 19.9. The van der Waals surface area contributed by atoms with E-state index in [4.69, 9.17) is 5.11 Å². The first-order valence-electron chi connectivity index (χ1n) is 4.99. The molecule has 0 fully saturated rings. The van der Waals surface area contributed by atoms with Crippen molar-refractivity contribution in [3.05, 3.63) is 23.8 Å². The van der Waals surface area contributed by atoms with Gasteiger partial charge in [0, 0.05) is 13.2 Å². The van der Waals surface area contributed by atoms with Crippen LogP contribution in [-0.4, -0.2) is 23.4 Å². The third kappa shape index (κ3) is 1.55. The largest absolute Gasteiger partial charge is 0.506 e. The van der Waals surface area contributed by atoms with Gasteiger partial charge in [-0.2, -0.15) is 0 Å². The van der Waals surface area contributed by atoms with Crippen molar-refractivity contribution in [3.8, 4) is 5.75 Å². The standard InChI is InChI=1S/C11H15NO2/c13-7-5-8-4-6-12-11-9(8)2-1-3-10(11)14/h1-3,8,12-14H,4-7H2. The lowest BCUT2D eigenvalue weighted by atomic mass is 9.88. The molecule has 3 heteroatoms. The molecule has 76 valence electrons. The van der Waals surface area contributed by atoms with Crippen molar-refractivity contribution in [2.45, 2.75) is 18.8 Å². The second-order valence-electron chi connectivity index (χ2n) is 3.67. The molecule has 0 saturated heterocycles. The van der Waals surface area contributed by atoms with Gasteiger partial charge in [-0.05, 0) is 30.4 Å². The first-order valence-corrected chi connectivity index (χ1v) is 4.99. The predicted octanol–water partition coefficient (Wildman–Crippen LogP) is 1.67. The Morgan fingerprint density at radius 1 is 1.43 bits per heavy atom. The molecule has 0 amide bonds. The summed E-state index contributed by atoms with van der Waals surface area (Å²) in [5.41, 5.74) is 1.97. The van der Waals surface area contributed by atoms with Crippen LogP contribution in [0.25, 0.3) is 0 Å². The quantitative estimate of drug-likeness (QED) is 0.626. The van der Waals surface area contributed by atoms with E-state index in [1.54, 1.807) is 6.07 Å². The molecular formula is C11H15NO2. The molecule has 3 nitrogen and oxygen atoms in total. The number of anilines is 1. The maximum absolute atomic E-state index is 9.62. The van der Waals surface area contributed by atoms with E-state index in [2.05, 4.69) is 5.32 Å². The number of rotatable bonds is 2. The van der Waals surface area contributed by atoms with Gasteiger partial charge in [0.1, 0.15) is 5.75 Å². The Morgan fingerprint density at radius 3 is 3.07 bits per heavy atom. The summed E-state index contributed by atoms with van der Waals surface area (Å²) in [4.78, 5) is 0. The van der Waals surface area contributed by atoms with Gasteiger partial charge in [-0.15, -0.1) is 0 Å². The van der Waals surface area contributed by atoms with Gasteiger partial charge in [-0.3, -0.25) is 0 Å². The minimum atomic E-state index is 0.208. The summed E-state index contributed by atoms with van der Waals surface area (Å²) in [5, 5.41) is 21.7. The number of aliphatic hydroxyl groups excluding tert-OH is 1. The number of aromatic hydroxyl groups is 1. The molecule has 0 aliphatic carbocycles. The number of hydrogen-bond acceptors (Lipinski definition) is 3. The molecule has 0 saturated carbocycles. The molecule has 1 unspecified atom stereocenters. The zero-order valence-electron chi connectivity index (χ0n) is 8.03. The number of phenolic OH excluding ortho intramolecular Hbond substituents is 1. The minimum Gasteiger partial charge on any atom is -0.506 e. The fraction of sp³-hybridized carbons (Fsp3) is 0.455. The number of phenols is 1. The number of hydrogen-bond donors (Lipinski definition) is 3. The van der Waals surface area contributed by atoms with Crippen molar-refractivity contribution in [2.75, 3.05) is 18.5 Å². The van der Waals surface area contributed by atoms with Crippen molar-refractivity contribution in [1.82, 2.24) is 0 Å². The van der Waals surface area contributed by atoms with E-state index in [0.29, 0.717) is 11.7 Å². The van der Waals surface area contributed by atoms with Gasteiger partial charge in [-0.1, -0.05) is 12.1 Å². The Kier molecular flexibility index (Phi) is 2.59. The molecule has 2 rings (SSSR count). The maximum Gasteiger partial charge on any atom is 0.138 e. The topological polar surface area (TPSA) is 52.5 Å². The molecule has 14 heavy (non-hydrogen) atoms. The van der Waals surface area contributed by atoms with Crippen LogP contribution in [0, 0.1) is 0 Å². The van der Waals surface area contributed by atoms with Gasteiger partial charge >= 0.3 is 0 Å². The lowest BCUT2D eigenvalue weighted by Crippen LogP contribution is -2.17. The Bertz CT molecular complexity index is 325. The highest BCUT2D eigenvalue weighted by Crippen LogP contribution is 2.38. The Hall–Kier alpha value is -1.22. The van der Waals surface area contributed by atoms with Crippen LogP contribution < -0.4 is 5.32 Å².